The Bertz CT molecular complexity index is 468. The van der Waals surface area contributed by atoms with Gasteiger partial charge in [0.05, 0.1) is 7.11 Å². The van der Waals surface area contributed by atoms with Gasteiger partial charge in [-0.3, -0.25) is 0 Å². The van der Waals surface area contributed by atoms with Crippen molar-refractivity contribution in [1.82, 2.24) is 19.6 Å². The van der Waals surface area contributed by atoms with E-state index in [1.807, 2.05) is 19.2 Å². The van der Waals surface area contributed by atoms with Crippen LogP contribution in [-0.4, -0.2) is 32.9 Å². The fourth-order valence-electron chi connectivity index (χ4n) is 1.17. The van der Waals surface area contributed by atoms with Gasteiger partial charge in [-0.25, -0.2) is 4.98 Å². The van der Waals surface area contributed by atoms with E-state index in [0.29, 0.717) is 6.01 Å². The van der Waals surface area contributed by atoms with Crippen LogP contribution in [0.4, 0.5) is 0 Å². The maximum atomic E-state index is 4.96. The molecule has 2 aromatic rings. The summed E-state index contributed by atoms with van der Waals surface area (Å²) in [6, 6.07) is 2.24. The number of aryl methyl sites for hydroxylation is 1. The molecule has 2 aromatic heterocycles. The Morgan fingerprint density at radius 3 is 2.86 bits per heavy atom. The fourth-order valence-corrected chi connectivity index (χ4v) is 1.72. The molecule has 2 rings (SSSR count). The number of fused-ring (bicyclic) bond motifs is 1. The molecule has 0 amide bonds. The maximum Gasteiger partial charge on any atom is 0.336 e. The molecule has 0 bridgehead atoms. The minimum absolute atomic E-state index is 0.368. The molecule has 0 aliphatic heterocycles. The summed E-state index contributed by atoms with van der Waals surface area (Å²) < 4.78 is 6.64. The summed E-state index contributed by atoms with van der Waals surface area (Å²) in [4.78, 5) is 8.51. The zero-order valence-electron chi connectivity index (χ0n) is 8.18. The van der Waals surface area contributed by atoms with Crippen LogP contribution in [0.2, 0.25) is 0 Å². The summed E-state index contributed by atoms with van der Waals surface area (Å²) in [6.07, 6.45) is 1.95. The second kappa shape index (κ2) is 3.45. The lowest BCUT2D eigenvalue weighted by Crippen LogP contribution is -1.97. The third kappa shape index (κ3) is 1.41. The highest BCUT2D eigenvalue weighted by molar-refractivity contribution is 7.98. The van der Waals surface area contributed by atoms with Crippen LogP contribution in [0, 0.1) is 6.92 Å². The summed E-state index contributed by atoms with van der Waals surface area (Å²) in [7, 11) is 1.55. The minimum atomic E-state index is 0.368. The second-order valence-electron chi connectivity index (χ2n) is 2.75. The number of methoxy groups -OCH3 is 1. The van der Waals surface area contributed by atoms with Crippen LogP contribution in [0.5, 0.6) is 6.01 Å². The van der Waals surface area contributed by atoms with Gasteiger partial charge in [0.25, 0.3) is 0 Å². The van der Waals surface area contributed by atoms with E-state index in [0.717, 1.165) is 16.5 Å². The molecule has 0 unspecified atom stereocenters. The van der Waals surface area contributed by atoms with Crippen molar-refractivity contribution < 1.29 is 4.74 Å². The van der Waals surface area contributed by atoms with Gasteiger partial charge >= 0.3 is 6.01 Å². The zero-order chi connectivity index (χ0) is 10.1. The molecule has 2 heterocycles. The molecule has 0 N–H and O–H groups in total. The summed E-state index contributed by atoms with van der Waals surface area (Å²) in [5, 5.41) is 4.96. The van der Waals surface area contributed by atoms with Gasteiger partial charge in [0.2, 0.25) is 0 Å². The van der Waals surface area contributed by atoms with Crippen molar-refractivity contribution in [2.75, 3.05) is 13.4 Å². The summed E-state index contributed by atoms with van der Waals surface area (Å²) in [5.41, 5.74) is 1.69. The molecule has 5 nitrogen and oxygen atoms in total. The largest absolute Gasteiger partial charge is 0.466 e. The number of ether oxygens (including phenoxy) is 1. The average molecular weight is 210 g/mol. The van der Waals surface area contributed by atoms with Crippen molar-refractivity contribution in [3.05, 3.63) is 11.8 Å². The van der Waals surface area contributed by atoms with Gasteiger partial charge in [-0.2, -0.15) is 9.50 Å². The van der Waals surface area contributed by atoms with Crippen molar-refractivity contribution in [2.45, 2.75) is 12.1 Å². The Balaban J connectivity index is 2.71. The van der Waals surface area contributed by atoms with Crippen molar-refractivity contribution >= 4 is 17.4 Å². The van der Waals surface area contributed by atoms with Crippen LogP contribution in [0.1, 0.15) is 5.69 Å². The van der Waals surface area contributed by atoms with E-state index in [1.54, 1.807) is 11.6 Å². The first-order valence-corrected chi connectivity index (χ1v) is 5.29. The topological polar surface area (TPSA) is 52.3 Å². The lowest BCUT2D eigenvalue weighted by atomic mass is 10.4. The lowest BCUT2D eigenvalue weighted by molar-refractivity contribution is 0.379. The van der Waals surface area contributed by atoms with Gasteiger partial charge < -0.3 is 4.74 Å². The molecule has 0 aliphatic carbocycles. The van der Waals surface area contributed by atoms with E-state index in [9.17, 15) is 0 Å². The SMILES string of the molecule is COc1nc2cc(C)nc(SC)n2n1. The van der Waals surface area contributed by atoms with Crippen LogP contribution >= 0.6 is 11.8 Å². The smallest absolute Gasteiger partial charge is 0.336 e. The molecule has 0 atom stereocenters. The highest BCUT2D eigenvalue weighted by Crippen LogP contribution is 2.16. The van der Waals surface area contributed by atoms with Crippen LogP contribution in [0.15, 0.2) is 11.2 Å². The van der Waals surface area contributed by atoms with Crippen LogP contribution in [0.3, 0.4) is 0 Å². The molecule has 0 aromatic carbocycles. The summed E-state index contributed by atoms with van der Waals surface area (Å²) in [5.74, 6) is 0. The van der Waals surface area contributed by atoms with Crippen molar-refractivity contribution in [2.24, 2.45) is 0 Å². The summed E-state index contributed by atoms with van der Waals surface area (Å²) in [6.45, 7) is 1.93. The standard InChI is InChI=1S/C8H10N4OS/c1-5-4-6-10-7(13-2)11-12(6)8(9-5)14-3/h4H,1-3H3. The number of hydrogen-bond donors (Lipinski definition) is 0. The highest BCUT2D eigenvalue weighted by Gasteiger charge is 2.08. The number of aromatic nitrogens is 4. The van der Waals surface area contributed by atoms with Gasteiger partial charge in [-0.05, 0) is 13.2 Å². The van der Waals surface area contributed by atoms with Gasteiger partial charge in [-0.1, -0.05) is 11.8 Å². The van der Waals surface area contributed by atoms with Gasteiger partial charge in [0.1, 0.15) is 0 Å². The Labute approximate surface area is 85.5 Å². The molecule has 0 saturated carbocycles. The molecule has 0 aliphatic rings. The average Bonchev–Trinajstić information content (AvgIpc) is 2.59. The maximum absolute atomic E-state index is 4.96. The Hall–Kier alpha value is -1.30. The highest BCUT2D eigenvalue weighted by atomic mass is 32.2. The molecule has 14 heavy (non-hydrogen) atoms. The second-order valence-corrected chi connectivity index (χ2v) is 3.53. The number of hydrogen-bond acceptors (Lipinski definition) is 5. The fraction of sp³-hybridized carbons (Fsp3) is 0.375. The van der Waals surface area contributed by atoms with Crippen LogP contribution in [0.25, 0.3) is 5.65 Å². The van der Waals surface area contributed by atoms with E-state index >= 15 is 0 Å². The van der Waals surface area contributed by atoms with Crippen LogP contribution < -0.4 is 4.74 Å². The monoisotopic (exact) mass is 210 g/mol. The van der Waals surface area contributed by atoms with E-state index in [-0.39, 0.29) is 0 Å². The Kier molecular flexibility index (Phi) is 2.28. The minimum Gasteiger partial charge on any atom is -0.466 e. The molecule has 0 saturated heterocycles. The number of thioether (sulfide) groups is 1. The Morgan fingerprint density at radius 1 is 1.43 bits per heavy atom. The van der Waals surface area contributed by atoms with E-state index < -0.39 is 0 Å². The molecule has 0 spiro atoms. The Morgan fingerprint density at radius 2 is 2.21 bits per heavy atom. The molecule has 6 heteroatoms. The van der Waals surface area contributed by atoms with Crippen molar-refractivity contribution in [3.8, 4) is 6.01 Å². The number of nitrogens with zero attached hydrogens (tertiary/aromatic N) is 4. The first-order valence-electron chi connectivity index (χ1n) is 4.07. The van der Waals surface area contributed by atoms with Crippen molar-refractivity contribution in [1.29, 1.82) is 0 Å². The first kappa shape index (κ1) is 9.26. The molecule has 0 fully saturated rings. The van der Waals surface area contributed by atoms with Gasteiger partial charge in [0.15, 0.2) is 10.8 Å². The van der Waals surface area contributed by atoms with Crippen molar-refractivity contribution in [3.63, 3.8) is 0 Å². The predicted molar refractivity (Wildman–Crippen MR) is 53.9 cm³/mol. The third-order valence-corrected chi connectivity index (χ3v) is 2.40. The molecular weight excluding hydrogens is 200 g/mol. The molecule has 0 radical (unpaired) electrons. The van der Waals surface area contributed by atoms with E-state index in [1.165, 1.54) is 11.8 Å². The first-order chi connectivity index (χ1) is 6.74. The lowest BCUT2D eigenvalue weighted by Gasteiger charge is -1.99. The van der Waals surface area contributed by atoms with Crippen LogP contribution in [-0.2, 0) is 0 Å². The third-order valence-electron chi connectivity index (χ3n) is 1.77. The van der Waals surface area contributed by atoms with Gasteiger partial charge in [-0.15, -0.1) is 5.10 Å². The zero-order valence-corrected chi connectivity index (χ0v) is 9.00. The predicted octanol–water partition coefficient (Wildman–Crippen LogP) is 1.16. The molecular formula is C8H10N4OS. The van der Waals surface area contributed by atoms with E-state index in [2.05, 4.69) is 15.1 Å². The quantitative estimate of drug-likeness (QED) is 0.550. The summed E-state index contributed by atoms with van der Waals surface area (Å²) >= 11 is 1.53. The van der Waals surface area contributed by atoms with E-state index in [4.69, 9.17) is 4.74 Å². The van der Waals surface area contributed by atoms with Gasteiger partial charge in [0, 0.05) is 11.8 Å². The normalized spacial score (nSPS) is 10.8. The molecule has 74 valence electrons. The number of rotatable bonds is 2.